The Kier molecular flexibility index (Phi) is 3.92. The van der Waals surface area contributed by atoms with Gasteiger partial charge in [0.2, 0.25) is 0 Å². The third kappa shape index (κ3) is 2.97. The molecule has 1 saturated heterocycles. The number of hydrogen-bond acceptors (Lipinski definition) is 4. The number of carbonyl (C=O) groups excluding carboxylic acids is 1. The number of nitrogens with one attached hydrogen (secondary N) is 1. The van der Waals surface area contributed by atoms with Gasteiger partial charge in [0.25, 0.3) is 5.91 Å². The van der Waals surface area contributed by atoms with Crippen molar-refractivity contribution in [2.24, 2.45) is 5.92 Å². The number of aliphatic carboxylic acids is 1. The quantitative estimate of drug-likeness (QED) is 0.766. The van der Waals surface area contributed by atoms with Crippen molar-refractivity contribution < 1.29 is 24.5 Å². The normalized spacial score (nSPS) is 22.2. The van der Waals surface area contributed by atoms with E-state index in [0.29, 0.717) is 5.02 Å². The van der Waals surface area contributed by atoms with Gasteiger partial charge in [-0.1, -0.05) is 11.6 Å². The Morgan fingerprint density at radius 2 is 2.11 bits per heavy atom. The lowest BCUT2D eigenvalue weighted by Crippen LogP contribution is -2.42. The maximum absolute atomic E-state index is 12.0. The van der Waals surface area contributed by atoms with Crippen LogP contribution in [-0.4, -0.2) is 41.3 Å². The lowest BCUT2D eigenvalue weighted by atomic mass is 10.0. The van der Waals surface area contributed by atoms with Crippen molar-refractivity contribution in [1.82, 2.24) is 5.32 Å². The molecule has 1 aliphatic rings. The van der Waals surface area contributed by atoms with Gasteiger partial charge in [-0.15, -0.1) is 0 Å². The van der Waals surface area contributed by atoms with Crippen LogP contribution < -0.4 is 5.32 Å². The van der Waals surface area contributed by atoms with Crippen molar-refractivity contribution >= 4 is 23.5 Å². The first-order valence-electron chi connectivity index (χ1n) is 5.59. The number of rotatable bonds is 3. The second kappa shape index (κ2) is 5.46. The maximum atomic E-state index is 12.0. The summed E-state index contributed by atoms with van der Waals surface area (Å²) in [4.78, 5) is 22.9. The molecule has 0 bridgehead atoms. The van der Waals surface area contributed by atoms with Gasteiger partial charge in [0, 0.05) is 5.02 Å². The maximum Gasteiger partial charge on any atom is 0.311 e. The molecule has 0 aromatic heterocycles. The first-order chi connectivity index (χ1) is 8.99. The topological polar surface area (TPSA) is 95.9 Å². The number of carbonyl (C=O) groups is 2. The van der Waals surface area contributed by atoms with E-state index in [1.807, 2.05) is 0 Å². The fraction of sp³-hybridized carbons (Fsp3) is 0.333. The summed E-state index contributed by atoms with van der Waals surface area (Å²) in [6.45, 7) is 0.186. The van der Waals surface area contributed by atoms with Crippen LogP contribution in [0.4, 0.5) is 0 Å². The Morgan fingerprint density at radius 1 is 1.37 bits per heavy atom. The summed E-state index contributed by atoms with van der Waals surface area (Å²) in [5.74, 6) is -2.61. The van der Waals surface area contributed by atoms with Crippen LogP contribution in [0.3, 0.4) is 0 Å². The number of halogens is 1. The van der Waals surface area contributed by atoms with Gasteiger partial charge in [-0.05, 0) is 18.2 Å². The molecule has 3 N–H and O–H groups in total. The van der Waals surface area contributed by atoms with E-state index in [2.05, 4.69) is 5.32 Å². The van der Waals surface area contributed by atoms with Gasteiger partial charge in [0.1, 0.15) is 11.7 Å². The molecule has 102 valence electrons. The van der Waals surface area contributed by atoms with Crippen molar-refractivity contribution in [2.45, 2.75) is 6.04 Å². The number of amides is 1. The Morgan fingerprint density at radius 3 is 2.79 bits per heavy atom. The number of phenolic OH excluding ortho intramolecular Hbond substituents is 1. The lowest BCUT2D eigenvalue weighted by molar-refractivity contribution is -0.142. The highest BCUT2D eigenvalue weighted by molar-refractivity contribution is 6.31. The predicted octanol–water partition coefficient (Wildman–Crippen LogP) is 0.875. The molecule has 1 fully saturated rings. The van der Waals surface area contributed by atoms with Crippen LogP contribution in [0, 0.1) is 5.92 Å². The number of hydrogen-bond donors (Lipinski definition) is 3. The third-order valence-corrected chi connectivity index (χ3v) is 3.15. The van der Waals surface area contributed by atoms with Crippen LogP contribution in [0.15, 0.2) is 18.2 Å². The highest BCUT2D eigenvalue weighted by Crippen LogP contribution is 2.22. The Balaban J connectivity index is 2.12. The summed E-state index contributed by atoms with van der Waals surface area (Å²) in [7, 11) is 0. The van der Waals surface area contributed by atoms with E-state index in [0.717, 1.165) is 0 Å². The minimum atomic E-state index is -1.03. The fourth-order valence-corrected chi connectivity index (χ4v) is 2.05. The first kappa shape index (κ1) is 13.6. The number of ether oxygens (including phenoxy) is 1. The van der Waals surface area contributed by atoms with E-state index in [4.69, 9.17) is 21.4 Å². The van der Waals surface area contributed by atoms with Gasteiger partial charge < -0.3 is 20.3 Å². The molecule has 0 spiro atoms. The van der Waals surface area contributed by atoms with E-state index in [1.54, 1.807) is 0 Å². The molecule has 1 aliphatic heterocycles. The van der Waals surface area contributed by atoms with Gasteiger partial charge in [0.05, 0.1) is 24.8 Å². The van der Waals surface area contributed by atoms with E-state index < -0.39 is 23.8 Å². The van der Waals surface area contributed by atoms with E-state index in [-0.39, 0.29) is 24.5 Å². The highest BCUT2D eigenvalue weighted by Gasteiger charge is 2.35. The molecule has 1 amide bonds. The number of carboxylic acids is 1. The minimum Gasteiger partial charge on any atom is -0.507 e. The monoisotopic (exact) mass is 285 g/mol. The fourth-order valence-electron chi connectivity index (χ4n) is 1.88. The summed E-state index contributed by atoms with van der Waals surface area (Å²) in [5, 5.41) is 21.4. The van der Waals surface area contributed by atoms with Gasteiger partial charge in [-0.2, -0.15) is 0 Å². The van der Waals surface area contributed by atoms with Crippen molar-refractivity contribution in [3.63, 3.8) is 0 Å². The molecule has 7 heteroatoms. The summed E-state index contributed by atoms with van der Waals surface area (Å²) in [5.41, 5.74) is 0.00328. The molecule has 1 heterocycles. The molecule has 0 saturated carbocycles. The zero-order valence-electron chi connectivity index (χ0n) is 9.80. The summed E-state index contributed by atoms with van der Waals surface area (Å²) >= 11 is 5.75. The summed E-state index contributed by atoms with van der Waals surface area (Å²) in [6, 6.07) is 3.45. The molecule has 2 unspecified atom stereocenters. The second-order valence-electron chi connectivity index (χ2n) is 4.22. The molecule has 2 atom stereocenters. The SMILES string of the molecule is O=C(NC1COCC1C(=O)O)c1cc(Cl)ccc1O. The standard InChI is InChI=1S/C12H12ClNO5/c13-6-1-2-10(15)7(3-6)11(16)14-9-5-19-4-8(9)12(17)18/h1-3,8-9,15H,4-5H2,(H,14,16)(H,17,18). The van der Waals surface area contributed by atoms with Crippen LogP contribution in [0.2, 0.25) is 5.02 Å². The van der Waals surface area contributed by atoms with Gasteiger partial charge in [0.15, 0.2) is 0 Å². The molecular weight excluding hydrogens is 274 g/mol. The Hall–Kier alpha value is -1.79. The zero-order chi connectivity index (χ0) is 14.0. The van der Waals surface area contributed by atoms with Gasteiger partial charge in [-0.25, -0.2) is 0 Å². The number of carboxylic acid groups (broad SMARTS) is 1. The molecule has 6 nitrogen and oxygen atoms in total. The van der Waals surface area contributed by atoms with E-state index in [1.165, 1.54) is 18.2 Å². The van der Waals surface area contributed by atoms with Crippen LogP contribution in [0.25, 0.3) is 0 Å². The summed E-state index contributed by atoms with van der Waals surface area (Å²) < 4.78 is 5.04. The average molecular weight is 286 g/mol. The first-order valence-corrected chi connectivity index (χ1v) is 5.96. The highest BCUT2D eigenvalue weighted by atomic mass is 35.5. The molecular formula is C12H12ClNO5. The van der Waals surface area contributed by atoms with Gasteiger partial charge >= 0.3 is 5.97 Å². The largest absolute Gasteiger partial charge is 0.507 e. The predicted molar refractivity (Wildman–Crippen MR) is 66.3 cm³/mol. The lowest BCUT2D eigenvalue weighted by Gasteiger charge is -2.16. The summed E-state index contributed by atoms with van der Waals surface area (Å²) in [6.07, 6.45) is 0. The van der Waals surface area contributed by atoms with Crippen molar-refractivity contribution in [3.05, 3.63) is 28.8 Å². The smallest absolute Gasteiger partial charge is 0.311 e. The van der Waals surface area contributed by atoms with Gasteiger partial charge in [-0.3, -0.25) is 9.59 Å². The molecule has 0 aliphatic carbocycles. The number of phenols is 1. The van der Waals surface area contributed by atoms with Crippen LogP contribution >= 0.6 is 11.6 Å². The van der Waals surface area contributed by atoms with Crippen molar-refractivity contribution in [3.8, 4) is 5.75 Å². The van der Waals surface area contributed by atoms with E-state index in [9.17, 15) is 14.7 Å². The average Bonchev–Trinajstić information content (AvgIpc) is 2.80. The second-order valence-corrected chi connectivity index (χ2v) is 4.66. The van der Waals surface area contributed by atoms with Crippen LogP contribution in [-0.2, 0) is 9.53 Å². The van der Waals surface area contributed by atoms with E-state index >= 15 is 0 Å². The minimum absolute atomic E-state index is 0.00328. The molecule has 1 aromatic rings. The molecule has 2 rings (SSSR count). The zero-order valence-corrected chi connectivity index (χ0v) is 10.6. The Labute approximate surface area is 113 Å². The molecule has 19 heavy (non-hydrogen) atoms. The molecule has 0 radical (unpaired) electrons. The third-order valence-electron chi connectivity index (χ3n) is 2.92. The van der Waals surface area contributed by atoms with Crippen LogP contribution in [0.5, 0.6) is 5.75 Å². The number of aromatic hydroxyl groups is 1. The Bertz CT molecular complexity index is 519. The van der Waals surface area contributed by atoms with Crippen molar-refractivity contribution in [2.75, 3.05) is 13.2 Å². The van der Waals surface area contributed by atoms with Crippen molar-refractivity contribution in [1.29, 1.82) is 0 Å². The van der Waals surface area contributed by atoms with Crippen LogP contribution in [0.1, 0.15) is 10.4 Å². The molecule has 1 aromatic carbocycles. The number of benzene rings is 1.